The Morgan fingerprint density at radius 3 is 2.32 bits per heavy atom. The summed E-state index contributed by atoms with van der Waals surface area (Å²) in [6.45, 7) is 0.836. The van der Waals surface area contributed by atoms with Crippen LogP contribution in [0, 0.1) is 0 Å². The molecule has 2 aromatic rings. The van der Waals surface area contributed by atoms with E-state index in [2.05, 4.69) is 12.1 Å². The van der Waals surface area contributed by atoms with E-state index in [4.69, 9.17) is 0 Å². The maximum atomic E-state index is 12.7. The fourth-order valence-corrected chi connectivity index (χ4v) is 4.97. The molecule has 132 valence electrons. The number of nitrogens with zero attached hydrogens (tertiary/aromatic N) is 1. The first-order chi connectivity index (χ1) is 12.1. The molecule has 1 aliphatic rings. The van der Waals surface area contributed by atoms with E-state index in [9.17, 15) is 13.2 Å². The average molecular weight is 357 g/mol. The quantitative estimate of drug-likeness (QED) is 0.798. The molecule has 0 aromatic heterocycles. The first-order valence-corrected chi connectivity index (χ1v) is 10.2. The lowest BCUT2D eigenvalue weighted by Gasteiger charge is -2.17. The van der Waals surface area contributed by atoms with Gasteiger partial charge in [-0.1, -0.05) is 48.5 Å². The molecule has 2 aromatic carbocycles. The SMILES string of the molecule is O=C(CCCc1ccccc1)N1CCC(S(=O)(=O)c2ccccc2)C1. The van der Waals surface area contributed by atoms with E-state index in [-0.39, 0.29) is 5.91 Å². The molecular weight excluding hydrogens is 334 g/mol. The van der Waals surface area contributed by atoms with Crippen molar-refractivity contribution in [1.82, 2.24) is 4.90 Å². The van der Waals surface area contributed by atoms with Gasteiger partial charge in [0.2, 0.25) is 5.91 Å². The average Bonchev–Trinajstić information content (AvgIpc) is 3.14. The lowest BCUT2D eigenvalue weighted by Crippen LogP contribution is -2.31. The number of benzene rings is 2. The van der Waals surface area contributed by atoms with E-state index >= 15 is 0 Å². The topological polar surface area (TPSA) is 54.5 Å². The van der Waals surface area contributed by atoms with Gasteiger partial charge in [-0.25, -0.2) is 8.42 Å². The Hall–Kier alpha value is -2.14. The van der Waals surface area contributed by atoms with Crippen LogP contribution in [0.3, 0.4) is 0 Å². The Morgan fingerprint density at radius 2 is 1.64 bits per heavy atom. The molecule has 0 spiro atoms. The van der Waals surface area contributed by atoms with Crippen molar-refractivity contribution in [1.29, 1.82) is 0 Å². The largest absolute Gasteiger partial charge is 0.341 e. The zero-order valence-corrected chi connectivity index (χ0v) is 15.0. The number of rotatable bonds is 6. The van der Waals surface area contributed by atoms with Gasteiger partial charge in [0.25, 0.3) is 0 Å². The zero-order valence-electron chi connectivity index (χ0n) is 14.2. The van der Waals surface area contributed by atoms with Crippen LogP contribution in [0.1, 0.15) is 24.8 Å². The standard InChI is InChI=1S/C20H23NO3S/c22-20(13-7-10-17-8-3-1-4-9-17)21-15-14-19(16-21)25(23,24)18-11-5-2-6-12-18/h1-6,8-9,11-12,19H,7,10,13-16H2. The van der Waals surface area contributed by atoms with Crippen LogP contribution in [0.4, 0.5) is 0 Å². The molecule has 1 amide bonds. The molecule has 0 saturated carbocycles. The lowest BCUT2D eigenvalue weighted by atomic mass is 10.1. The fraction of sp³-hybridized carbons (Fsp3) is 0.350. The van der Waals surface area contributed by atoms with Gasteiger partial charge < -0.3 is 4.90 Å². The highest BCUT2D eigenvalue weighted by molar-refractivity contribution is 7.92. The molecule has 5 heteroatoms. The van der Waals surface area contributed by atoms with Crippen molar-refractivity contribution in [3.8, 4) is 0 Å². The summed E-state index contributed by atoms with van der Waals surface area (Å²) >= 11 is 0. The molecule has 1 aliphatic heterocycles. The van der Waals surface area contributed by atoms with Crippen LogP contribution in [0.2, 0.25) is 0 Å². The Balaban J connectivity index is 1.53. The number of carbonyl (C=O) groups excluding carboxylic acids is 1. The van der Waals surface area contributed by atoms with Crippen molar-refractivity contribution < 1.29 is 13.2 Å². The minimum Gasteiger partial charge on any atom is -0.341 e. The molecule has 1 atom stereocenters. The van der Waals surface area contributed by atoms with Crippen LogP contribution in [0.15, 0.2) is 65.6 Å². The van der Waals surface area contributed by atoms with Crippen molar-refractivity contribution in [2.45, 2.75) is 35.8 Å². The fourth-order valence-electron chi connectivity index (χ4n) is 3.26. The second kappa shape index (κ2) is 7.83. The van der Waals surface area contributed by atoms with Gasteiger partial charge in [0.1, 0.15) is 0 Å². The van der Waals surface area contributed by atoms with Crippen LogP contribution in [0.5, 0.6) is 0 Å². The summed E-state index contributed by atoms with van der Waals surface area (Å²) in [6, 6.07) is 18.6. The highest BCUT2D eigenvalue weighted by Gasteiger charge is 2.35. The molecule has 0 N–H and O–H groups in total. The maximum absolute atomic E-state index is 12.7. The van der Waals surface area contributed by atoms with E-state index in [1.165, 1.54) is 5.56 Å². The Morgan fingerprint density at radius 1 is 1.00 bits per heavy atom. The van der Waals surface area contributed by atoms with Crippen molar-refractivity contribution in [2.24, 2.45) is 0 Å². The number of likely N-dealkylation sites (tertiary alicyclic amines) is 1. The molecule has 0 radical (unpaired) electrons. The molecule has 1 unspecified atom stereocenters. The van der Waals surface area contributed by atoms with Crippen LogP contribution in [-0.2, 0) is 21.1 Å². The third-order valence-electron chi connectivity index (χ3n) is 4.71. The second-order valence-corrected chi connectivity index (χ2v) is 8.68. The van der Waals surface area contributed by atoms with Crippen LogP contribution < -0.4 is 0 Å². The molecular formula is C20H23NO3S. The zero-order chi connectivity index (χ0) is 17.7. The lowest BCUT2D eigenvalue weighted by molar-refractivity contribution is -0.130. The third kappa shape index (κ3) is 4.28. The maximum Gasteiger partial charge on any atom is 0.222 e. The summed E-state index contributed by atoms with van der Waals surface area (Å²) in [5.74, 6) is 0.0571. The Labute approximate surface area is 149 Å². The predicted octanol–water partition coefficient (Wildman–Crippen LogP) is 3.08. The van der Waals surface area contributed by atoms with Gasteiger partial charge in [-0.3, -0.25) is 4.79 Å². The third-order valence-corrected chi connectivity index (χ3v) is 6.90. The van der Waals surface area contributed by atoms with Gasteiger partial charge in [-0.2, -0.15) is 0 Å². The number of amides is 1. The summed E-state index contributed by atoms with van der Waals surface area (Å²) in [6.07, 6.45) is 2.64. The minimum atomic E-state index is -3.36. The number of sulfone groups is 1. The summed E-state index contributed by atoms with van der Waals surface area (Å²) in [5.41, 5.74) is 1.22. The van der Waals surface area contributed by atoms with Crippen molar-refractivity contribution in [2.75, 3.05) is 13.1 Å². The minimum absolute atomic E-state index is 0.0571. The first-order valence-electron chi connectivity index (χ1n) is 8.68. The van der Waals surface area contributed by atoms with E-state index in [0.29, 0.717) is 30.8 Å². The molecule has 1 fully saturated rings. The molecule has 25 heavy (non-hydrogen) atoms. The van der Waals surface area contributed by atoms with Gasteiger partial charge in [0, 0.05) is 19.5 Å². The van der Waals surface area contributed by atoms with Crippen molar-refractivity contribution >= 4 is 15.7 Å². The normalized spacial score (nSPS) is 17.6. The smallest absolute Gasteiger partial charge is 0.222 e. The summed E-state index contributed by atoms with van der Waals surface area (Å²) in [4.78, 5) is 14.4. The van der Waals surface area contributed by atoms with Gasteiger partial charge in [0.15, 0.2) is 9.84 Å². The molecule has 0 aliphatic carbocycles. The van der Waals surface area contributed by atoms with E-state index in [1.54, 1.807) is 35.2 Å². The monoisotopic (exact) mass is 357 g/mol. The molecule has 4 nitrogen and oxygen atoms in total. The first kappa shape index (κ1) is 17.7. The molecule has 0 bridgehead atoms. The van der Waals surface area contributed by atoms with Gasteiger partial charge in [-0.05, 0) is 37.0 Å². The Kier molecular flexibility index (Phi) is 5.53. The summed E-state index contributed by atoms with van der Waals surface area (Å²) in [7, 11) is -3.36. The van der Waals surface area contributed by atoms with Crippen molar-refractivity contribution in [3.05, 3.63) is 66.2 Å². The Bertz CT molecular complexity index is 803. The van der Waals surface area contributed by atoms with E-state index in [0.717, 1.165) is 12.8 Å². The summed E-state index contributed by atoms with van der Waals surface area (Å²) in [5, 5.41) is -0.493. The molecule has 1 heterocycles. The number of aryl methyl sites for hydroxylation is 1. The van der Waals surface area contributed by atoms with Gasteiger partial charge in [0.05, 0.1) is 10.1 Å². The van der Waals surface area contributed by atoms with Crippen LogP contribution >= 0.6 is 0 Å². The second-order valence-electron chi connectivity index (χ2n) is 6.45. The van der Waals surface area contributed by atoms with Crippen LogP contribution in [0.25, 0.3) is 0 Å². The van der Waals surface area contributed by atoms with Crippen molar-refractivity contribution in [3.63, 3.8) is 0 Å². The number of hydrogen-bond acceptors (Lipinski definition) is 3. The van der Waals surface area contributed by atoms with Gasteiger partial charge >= 0.3 is 0 Å². The highest BCUT2D eigenvalue weighted by atomic mass is 32.2. The predicted molar refractivity (Wildman–Crippen MR) is 98.0 cm³/mol. The number of carbonyl (C=O) groups is 1. The molecule has 1 saturated heterocycles. The van der Waals surface area contributed by atoms with E-state index in [1.807, 2.05) is 18.2 Å². The van der Waals surface area contributed by atoms with Crippen LogP contribution in [-0.4, -0.2) is 37.6 Å². The molecule has 3 rings (SSSR count). The number of hydrogen-bond donors (Lipinski definition) is 0. The van der Waals surface area contributed by atoms with E-state index < -0.39 is 15.1 Å². The summed E-state index contributed by atoms with van der Waals surface area (Å²) < 4.78 is 25.3. The highest BCUT2D eigenvalue weighted by Crippen LogP contribution is 2.24. The van der Waals surface area contributed by atoms with Gasteiger partial charge in [-0.15, -0.1) is 0 Å².